The molecule has 0 heterocycles. The first-order chi connectivity index (χ1) is 8.88. The van der Waals surface area contributed by atoms with Crippen molar-refractivity contribution in [2.45, 2.75) is 26.0 Å². The summed E-state index contributed by atoms with van der Waals surface area (Å²) in [4.78, 5) is 12.5. The monoisotopic (exact) mass is 268 g/mol. The zero-order valence-electron chi connectivity index (χ0n) is 11.7. The van der Waals surface area contributed by atoms with Crippen LogP contribution in [0.5, 0.6) is 0 Å². The number of aliphatic hydroxyl groups is 1. The average Bonchev–Trinajstić information content (AvgIpc) is 2.37. The Morgan fingerprint density at radius 3 is 2.58 bits per heavy atom. The lowest BCUT2D eigenvalue weighted by molar-refractivity contribution is -0.384. The molecule has 1 unspecified atom stereocenters. The number of nitro groups is 1. The third kappa shape index (κ3) is 3.65. The number of methoxy groups -OCH3 is 1. The van der Waals surface area contributed by atoms with Gasteiger partial charge in [-0.05, 0) is 25.5 Å². The second-order valence-corrected chi connectivity index (χ2v) is 4.60. The molecule has 1 aromatic carbocycles. The van der Waals surface area contributed by atoms with Crippen LogP contribution in [0.1, 0.15) is 25.5 Å². The van der Waals surface area contributed by atoms with Crippen LogP contribution in [0.25, 0.3) is 0 Å². The lowest BCUT2D eigenvalue weighted by atomic mass is 10.1. The van der Waals surface area contributed by atoms with Gasteiger partial charge in [0.1, 0.15) is 5.69 Å². The lowest BCUT2D eigenvalue weighted by Crippen LogP contribution is -2.33. The maximum absolute atomic E-state index is 11.1. The zero-order valence-corrected chi connectivity index (χ0v) is 11.7. The van der Waals surface area contributed by atoms with Crippen molar-refractivity contribution in [1.29, 1.82) is 0 Å². The van der Waals surface area contributed by atoms with Crippen LogP contribution in [0.3, 0.4) is 0 Å². The number of benzene rings is 1. The quantitative estimate of drug-likeness (QED) is 0.631. The number of hydrogen-bond donors (Lipinski definition) is 1. The predicted molar refractivity (Wildman–Crippen MR) is 73.5 cm³/mol. The van der Waals surface area contributed by atoms with Crippen LogP contribution >= 0.6 is 0 Å². The molecule has 1 aromatic rings. The molecular formula is C13H20N2O4. The minimum atomic E-state index is -0.727. The fourth-order valence-corrected chi connectivity index (χ4v) is 1.84. The molecule has 6 heteroatoms. The molecule has 0 spiro atoms. The minimum Gasteiger partial charge on any atom is -0.389 e. The Morgan fingerprint density at radius 2 is 2.11 bits per heavy atom. The van der Waals surface area contributed by atoms with Crippen LogP contribution < -0.4 is 4.90 Å². The fourth-order valence-electron chi connectivity index (χ4n) is 1.84. The van der Waals surface area contributed by atoms with E-state index in [0.29, 0.717) is 17.9 Å². The molecule has 0 saturated heterocycles. The van der Waals surface area contributed by atoms with Crippen LogP contribution in [0, 0.1) is 10.1 Å². The van der Waals surface area contributed by atoms with Gasteiger partial charge in [0.05, 0.1) is 17.6 Å². The van der Waals surface area contributed by atoms with Crippen molar-refractivity contribution in [2.75, 3.05) is 25.7 Å². The molecule has 1 N–H and O–H groups in total. The molecule has 19 heavy (non-hydrogen) atoms. The number of aliphatic hydroxyl groups excluding tert-OH is 1. The van der Waals surface area contributed by atoms with Gasteiger partial charge in [0.15, 0.2) is 0 Å². The van der Waals surface area contributed by atoms with E-state index in [1.54, 1.807) is 38.1 Å². The maximum atomic E-state index is 11.1. The molecule has 0 aliphatic rings. The number of ether oxygens (including phenoxy) is 1. The number of nitrogens with zero attached hydrogens (tertiary/aromatic N) is 2. The second-order valence-electron chi connectivity index (χ2n) is 4.60. The molecular weight excluding hydrogens is 248 g/mol. The SMILES string of the molecule is COCC(C)N(C)c1ccc([C@H](C)O)cc1[N+](=O)[O-]. The first-order valence-corrected chi connectivity index (χ1v) is 6.06. The van der Waals surface area contributed by atoms with Crippen molar-refractivity contribution in [3.8, 4) is 0 Å². The molecule has 106 valence electrons. The Balaban J connectivity index is 3.16. The first-order valence-electron chi connectivity index (χ1n) is 6.06. The van der Waals surface area contributed by atoms with Gasteiger partial charge in [0, 0.05) is 26.3 Å². The largest absolute Gasteiger partial charge is 0.389 e. The van der Waals surface area contributed by atoms with Crippen molar-refractivity contribution < 1.29 is 14.8 Å². The number of likely N-dealkylation sites (N-methyl/N-ethyl adjacent to an activating group) is 1. The summed E-state index contributed by atoms with van der Waals surface area (Å²) in [5, 5.41) is 20.6. The topological polar surface area (TPSA) is 75.8 Å². The highest BCUT2D eigenvalue weighted by atomic mass is 16.6. The Morgan fingerprint density at radius 1 is 1.47 bits per heavy atom. The molecule has 0 aliphatic carbocycles. The summed E-state index contributed by atoms with van der Waals surface area (Å²) < 4.78 is 5.06. The molecule has 1 rings (SSSR count). The van der Waals surface area contributed by atoms with Gasteiger partial charge in [0.2, 0.25) is 0 Å². The first kappa shape index (κ1) is 15.4. The molecule has 0 bridgehead atoms. The smallest absolute Gasteiger partial charge is 0.292 e. The third-order valence-electron chi connectivity index (χ3n) is 3.13. The van der Waals surface area contributed by atoms with Crippen molar-refractivity contribution >= 4 is 11.4 Å². The number of rotatable bonds is 6. The van der Waals surface area contributed by atoms with E-state index in [1.807, 2.05) is 6.92 Å². The Bertz CT molecular complexity index is 448. The molecule has 0 aliphatic heterocycles. The van der Waals surface area contributed by atoms with Crippen molar-refractivity contribution in [2.24, 2.45) is 0 Å². The third-order valence-corrected chi connectivity index (χ3v) is 3.13. The van der Waals surface area contributed by atoms with Crippen molar-refractivity contribution in [3.63, 3.8) is 0 Å². The van der Waals surface area contributed by atoms with E-state index in [9.17, 15) is 15.2 Å². The van der Waals surface area contributed by atoms with E-state index in [0.717, 1.165) is 0 Å². The van der Waals surface area contributed by atoms with Gasteiger partial charge in [-0.15, -0.1) is 0 Å². The van der Waals surface area contributed by atoms with E-state index in [-0.39, 0.29) is 11.7 Å². The highest BCUT2D eigenvalue weighted by Gasteiger charge is 2.21. The average molecular weight is 268 g/mol. The van der Waals surface area contributed by atoms with E-state index in [1.165, 1.54) is 6.07 Å². The molecule has 6 nitrogen and oxygen atoms in total. The highest BCUT2D eigenvalue weighted by Crippen LogP contribution is 2.31. The zero-order chi connectivity index (χ0) is 14.6. The molecule has 0 saturated carbocycles. The summed E-state index contributed by atoms with van der Waals surface area (Å²) in [6.45, 7) is 3.98. The fraction of sp³-hybridized carbons (Fsp3) is 0.538. The van der Waals surface area contributed by atoms with E-state index in [4.69, 9.17) is 4.74 Å². The van der Waals surface area contributed by atoms with Gasteiger partial charge in [-0.25, -0.2) is 0 Å². The molecule has 0 fully saturated rings. The summed E-state index contributed by atoms with van der Waals surface area (Å²) in [6, 6.07) is 4.78. The van der Waals surface area contributed by atoms with Crippen LogP contribution in [0.15, 0.2) is 18.2 Å². The van der Waals surface area contributed by atoms with Crippen LogP contribution in [-0.2, 0) is 4.74 Å². The summed E-state index contributed by atoms with van der Waals surface area (Å²) >= 11 is 0. The Kier molecular flexibility index (Phi) is 5.26. The van der Waals surface area contributed by atoms with Gasteiger partial charge in [-0.1, -0.05) is 6.07 Å². The van der Waals surface area contributed by atoms with E-state index >= 15 is 0 Å². The summed E-state index contributed by atoms with van der Waals surface area (Å²) in [6.07, 6.45) is -0.727. The molecule has 2 atom stereocenters. The Hall–Kier alpha value is -1.66. The van der Waals surface area contributed by atoms with Gasteiger partial charge in [-0.2, -0.15) is 0 Å². The maximum Gasteiger partial charge on any atom is 0.292 e. The lowest BCUT2D eigenvalue weighted by Gasteiger charge is -2.26. The van der Waals surface area contributed by atoms with Gasteiger partial charge < -0.3 is 14.7 Å². The number of anilines is 1. The summed E-state index contributed by atoms with van der Waals surface area (Å²) in [5.74, 6) is 0. The van der Waals surface area contributed by atoms with Crippen LogP contribution in [-0.4, -0.2) is 36.8 Å². The minimum absolute atomic E-state index is 0.0103. The molecule has 0 radical (unpaired) electrons. The molecule has 0 aromatic heterocycles. The normalized spacial score (nSPS) is 13.9. The predicted octanol–water partition coefficient (Wildman–Crippen LogP) is 2.12. The molecule has 0 amide bonds. The van der Waals surface area contributed by atoms with Crippen LogP contribution in [0.4, 0.5) is 11.4 Å². The highest BCUT2D eigenvalue weighted by molar-refractivity contribution is 5.64. The second kappa shape index (κ2) is 6.49. The Labute approximate surface area is 112 Å². The van der Waals surface area contributed by atoms with Crippen LogP contribution in [0.2, 0.25) is 0 Å². The number of hydrogen-bond acceptors (Lipinski definition) is 5. The van der Waals surface area contributed by atoms with Crippen molar-refractivity contribution in [1.82, 2.24) is 0 Å². The van der Waals surface area contributed by atoms with E-state index in [2.05, 4.69) is 0 Å². The summed E-state index contributed by atoms with van der Waals surface area (Å²) in [7, 11) is 3.38. The van der Waals surface area contributed by atoms with Gasteiger partial charge >= 0.3 is 0 Å². The van der Waals surface area contributed by atoms with Crippen molar-refractivity contribution in [3.05, 3.63) is 33.9 Å². The standard InChI is InChI=1S/C13H20N2O4/c1-9(8-19-4)14(3)12-6-5-11(10(2)16)7-13(12)15(17)18/h5-7,9-10,16H,8H2,1-4H3/t9?,10-/m0/s1. The number of nitro benzene ring substituents is 1. The van der Waals surface area contributed by atoms with Gasteiger partial charge in [0.25, 0.3) is 5.69 Å². The summed E-state index contributed by atoms with van der Waals surface area (Å²) in [5.41, 5.74) is 1.03. The van der Waals surface area contributed by atoms with Gasteiger partial charge in [-0.3, -0.25) is 10.1 Å². The van der Waals surface area contributed by atoms with E-state index < -0.39 is 11.0 Å².